The van der Waals surface area contributed by atoms with E-state index in [9.17, 15) is 0 Å². The topological polar surface area (TPSA) is 36.9 Å². The summed E-state index contributed by atoms with van der Waals surface area (Å²) in [7, 11) is -0.864. The lowest BCUT2D eigenvalue weighted by Crippen LogP contribution is -2.46. The molecule has 1 aromatic carbocycles. The first-order valence-corrected chi connectivity index (χ1v) is 10.0. The molecule has 126 valence electrons. The average molecular weight is 327 g/mol. The van der Waals surface area contributed by atoms with E-state index in [0.717, 1.165) is 18.2 Å². The van der Waals surface area contributed by atoms with Gasteiger partial charge in [0, 0.05) is 25.9 Å². The second-order valence-electron chi connectivity index (χ2n) is 5.22. The molecule has 4 nitrogen and oxygen atoms in total. The van der Waals surface area contributed by atoms with E-state index in [1.165, 1.54) is 16.7 Å². The van der Waals surface area contributed by atoms with Crippen LogP contribution in [0.1, 0.15) is 37.5 Å². The Hall–Kier alpha value is -0.883. The van der Waals surface area contributed by atoms with Gasteiger partial charge in [-0.3, -0.25) is 0 Å². The Labute approximate surface area is 136 Å². The summed E-state index contributed by atoms with van der Waals surface area (Å²) in [5.41, 5.74) is 3.66. The van der Waals surface area contributed by atoms with E-state index in [2.05, 4.69) is 26.0 Å². The van der Waals surface area contributed by atoms with Gasteiger partial charge >= 0.3 is 8.80 Å². The van der Waals surface area contributed by atoms with Gasteiger partial charge in [0.15, 0.2) is 0 Å². The van der Waals surface area contributed by atoms with Crippen LogP contribution in [0, 0.1) is 13.8 Å². The minimum absolute atomic E-state index is 0.614. The van der Waals surface area contributed by atoms with Gasteiger partial charge < -0.3 is 18.0 Å². The lowest BCUT2D eigenvalue weighted by molar-refractivity contribution is 0.0714. The molecule has 0 bridgehead atoms. The maximum absolute atomic E-state index is 5.91. The highest BCUT2D eigenvalue weighted by Gasteiger charge is 2.39. The summed E-state index contributed by atoms with van der Waals surface area (Å²) in [4.78, 5) is 0. The van der Waals surface area contributed by atoms with Crippen LogP contribution in [-0.2, 0) is 19.7 Å². The molecule has 0 aliphatic rings. The zero-order chi connectivity index (χ0) is 16.6. The van der Waals surface area contributed by atoms with Gasteiger partial charge in [-0.1, -0.05) is 6.07 Å². The van der Waals surface area contributed by atoms with Crippen LogP contribution in [0.4, 0.5) is 0 Å². The second kappa shape index (κ2) is 9.30. The first-order chi connectivity index (χ1) is 10.5. The van der Waals surface area contributed by atoms with Crippen molar-refractivity contribution in [3.8, 4) is 5.75 Å². The maximum atomic E-state index is 5.91. The van der Waals surface area contributed by atoms with Gasteiger partial charge in [0.25, 0.3) is 0 Å². The summed E-state index contributed by atoms with van der Waals surface area (Å²) in [6.45, 7) is 12.0. The quantitative estimate of drug-likeness (QED) is 0.611. The lowest BCUT2D eigenvalue weighted by Gasteiger charge is -2.28. The van der Waals surface area contributed by atoms with Crippen LogP contribution in [0.3, 0.4) is 0 Å². The second-order valence-corrected chi connectivity index (χ2v) is 7.95. The number of benzene rings is 1. The van der Waals surface area contributed by atoms with Crippen LogP contribution in [0.5, 0.6) is 5.75 Å². The van der Waals surface area contributed by atoms with Gasteiger partial charge in [-0.25, -0.2) is 0 Å². The molecule has 1 aromatic rings. The van der Waals surface area contributed by atoms with Crippen molar-refractivity contribution in [2.45, 2.75) is 47.1 Å². The Balaban J connectivity index is 2.90. The number of rotatable bonds is 10. The average Bonchev–Trinajstić information content (AvgIpc) is 2.49. The molecular weight excluding hydrogens is 296 g/mol. The van der Waals surface area contributed by atoms with E-state index in [1.54, 1.807) is 7.11 Å². The van der Waals surface area contributed by atoms with Gasteiger partial charge in [-0.15, -0.1) is 0 Å². The molecule has 0 saturated heterocycles. The first kappa shape index (κ1) is 19.2. The van der Waals surface area contributed by atoms with E-state index in [-0.39, 0.29) is 0 Å². The molecule has 0 heterocycles. The van der Waals surface area contributed by atoms with E-state index in [4.69, 9.17) is 18.0 Å². The molecular formula is C17H30O4Si. The zero-order valence-corrected chi connectivity index (χ0v) is 15.8. The fourth-order valence-electron chi connectivity index (χ4n) is 2.55. The van der Waals surface area contributed by atoms with Gasteiger partial charge in [-0.05, 0) is 63.8 Å². The highest BCUT2D eigenvalue weighted by Crippen LogP contribution is 2.26. The summed E-state index contributed by atoms with van der Waals surface area (Å²) < 4.78 is 23.2. The fraction of sp³-hybridized carbons (Fsp3) is 0.647. The molecule has 0 radical (unpaired) electrons. The van der Waals surface area contributed by atoms with Crippen molar-refractivity contribution in [2.24, 2.45) is 0 Å². The summed E-state index contributed by atoms with van der Waals surface area (Å²) >= 11 is 0. The molecule has 0 aliphatic heterocycles. The van der Waals surface area contributed by atoms with Crippen molar-refractivity contribution < 1.29 is 18.0 Å². The third kappa shape index (κ3) is 5.09. The van der Waals surface area contributed by atoms with Gasteiger partial charge in [-0.2, -0.15) is 0 Å². The van der Waals surface area contributed by atoms with Crippen LogP contribution in [0.15, 0.2) is 12.1 Å². The summed E-state index contributed by atoms with van der Waals surface area (Å²) in [6, 6.07) is 5.10. The van der Waals surface area contributed by atoms with Crippen molar-refractivity contribution in [3.05, 3.63) is 28.8 Å². The number of ether oxygens (including phenoxy) is 1. The van der Waals surface area contributed by atoms with Crippen LogP contribution in [0.25, 0.3) is 0 Å². The van der Waals surface area contributed by atoms with Crippen molar-refractivity contribution >= 4 is 8.80 Å². The highest BCUT2D eigenvalue weighted by molar-refractivity contribution is 6.60. The lowest BCUT2D eigenvalue weighted by atomic mass is 10.0. The predicted molar refractivity (Wildman–Crippen MR) is 91.6 cm³/mol. The van der Waals surface area contributed by atoms with Crippen molar-refractivity contribution in [1.29, 1.82) is 0 Å². The first-order valence-electron chi connectivity index (χ1n) is 8.07. The monoisotopic (exact) mass is 326 g/mol. The van der Waals surface area contributed by atoms with Gasteiger partial charge in [0.05, 0.1) is 7.11 Å². The molecule has 0 aromatic heterocycles. The molecule has 0 atom stereocenters. The third-order valence-corrected chi connectivity index (χ3v) is 6.76. The van der Waals surface area contributed by atoms with Gasteiger partial charge in [0.2, 0.25) is 0 Å². The summed E-state index contributed by atoms with van der Waals surface area (Å²) in [5.74, 6) is 0.937. The normalized spacial score (nSPS) is 11.7. The number of hydrogen-bond acceptors (Lipinski definition) is 4. The summed E-state index contributed by atoms with van der Waals surface area (Å²) in [5, 5.41) is 0. The Morgan fingerprint density at radius 3 is 1.91 bits per heavy atom. The van der Waals surface area contributed by atoms with Crippen LogP contribution >= 0.6 is 0 Å². The molecule has 0 spiro atoms. The molecule has 0 aliphatic carbocycles. The minimum Gasteiger partial charge on any atom is -0.496 e. The Morgan fingerprint density at radius 1 is 0.909 bits per heavy atom. The molecule has 0 unspecified atom stereocenters. The number of aryl methyl sites for hydroxylation is 2. The SMILES string of the molecule is CCO[Si](CCc1cc(C)c(C)c(OC)c1)(OCC)OCC. The zero-order valence-electron chi connectivity index (χ0n) is 14.8. The van der Waals surface area contributed by atoms with Gasteiger partial charge in [0.1, 0.15) is 5.75 Å². The fourth-order valence-corrected chi connectivity index (χ4v) is 5.15. The third-order valence-electron chi connectivity index (χ3n) is 3.71. The standard InChI is InChI=1S/C17H30O4Si/c1-7-19-22(20-8-2,21-9-3)11-10-16-12-14(4)15(5)17(13-16)18-6/h12-13H,7-11H2,1-6H3. The Morgan fingerprint density at radius 2 is 1.45 bits per heavy atom. The number of hydrogen-bond donors (Lipinski definition) is 0. The highest BCUT2D eigenvalue weighted by atomic mass is 28.4. The molecule has 0 saturated carbocycles. The molecule has 0 amide bonds. The molecule has 22 heavy (non-hydrogen) atoms. The largest absolute Gasteiger partial charge is 0.501 e. The number of methoxy groups -OCH3 is 1. The molecule has 1 rings (SSSR count). The summed E-state index contributed by atoms with van der Waals surface area (Å²) in [6.07, 6.45) is 0.865. The van der Waals surface area contributed by atoms with E-state index >= 15 is 0 Å². The van der Waals surface area contributed by atoms with E-state index < -0.39 is 8.80 Å². The minimum atomic E-state index is -2.58. The van der Waals surface area contributed by atoms with Crippen molar-refractivity contribution in [1.82, 2.24) is 0 Å². The van der Waals surface area contributed by atoms with Crippen LogP contribution in [0.2, 0.25) is 6.04 Å². The van der Waals surface area contributed by atoms with Crippen molar-refractivity contribution in [2.75, 3.05) is 26.9 Å². The molecule has 0 fully saturated rings. The Bertz CT molecular complexity index is 445. The maximum Gasteiger partial charge on any atom is 0.501 e. The van der Waals surface area contributed by atoms with Crippen LogP contribution in [-0.4, -0.2) is 35.7 Å². The van der Waals surface area contributed by atoms with E-state index in [1.807, 2.05) is 20.8 Å². The van der Waals surface area contributed by atoms with Crippen molar-refractivity contribution in [3.63, 3.8) is 0 Å². The van der Waals surface area contributed by atoms with Crippen LogP contribution < -0.4 is 4.74 Å². The molecule has 0 N–H and O–H groups in total. The smallest absolute Gasteiger partial charge is 0.496 e. The predicted octanol–water partition coefficient (Wildman–Crippen LogP) is 3.90. The molecule has 5 heteroatoms. The Kier molecular flexibility index (Phi) is 8.10. The van der Waals surface area contributed by atoms with E-state index in [0.29, 0.717) is 19.8 Å².